The van der Waals surface area contributed by atoms with Gasteiger partial charge in [0.2, 0.25) is 0 Å². The van der Waals surface area contributed by atoms with Crippen LogP contribution in [0.1, 0.15) is 31.2 Å². The van der Waals surface area contributed by atoms with Gasteiger partial charge in [0.15, 0.2) is 5.11 Å². The Morgan fingerprint density at radius 2 is 1.96 bits per heavy atom. The van der Waals surface area contributed by atoms with Crippen LogP contribution >= 0.6 is 23.6 Å². The van der Waals surface area contributed by atoms with Crippen LogP contribution in [0.5, 0.6) is 0 Å². The van der Waals surface area contributed by atoms with E-state index in [1.54, 1.807) is 11.7 Å². The summed E-state index contributed by atoms with van der Waals surface area (Å²) in [5.74, 6) is 0. The lowest BCUT2D eigenvalue weighted by Crippen LogP contribution is -2.42. The van der Waals surface area contributed by atoms with Crippen LogP contribution in [0.2, 0.25) is 0 Å². The van der Waals surface area contributed by atoms with Gasteiger partial charge < -0.3 is 15.0 Å². The number of aromatic nitrogens is 2. The van der Waals surface area contributed by atoms with Gasteiger partial charge in [0.1, 0.15) is 4.83 Å². The monoisotopic (exact) mass is 424 g/mol. The largest absolute Gasteiger partial charge is 0.383 e. The number of hydrogen-bond acceptors (Lipinski definition) is 5. The Labute approximate surface area is 173 Å². The first-order valence-corrected chi connectivity index (χ1v) is 10.6. The zero-order valence-corrected chi connectivity index (χ0v) is 18.8. The molecule has 1 saturated heterocycles. The van der Waals surface area contributed by atoms with Gasteiger partial charge in [0.25, 0.3) is 5.56 Å². The van der Waals surface area contributed by atoms with Crippen LogP contribution < -0.4 is 16.6 Å². The molecule has 3 heterocycles. The third-order valence-corrected chi connectivity index (χ3v) is 6.53. The summed E-state index contributed by atoms with van der Waals surface area (Å²) in [6.45, 7) is 11.6. The van der Waals surface area contributed by atoms with E-state index in [0.717, 1.165) is 33.5 Å². The van der Waals surface area contributed by atoms with Gasteiger partial charge in [-0.05, 0) is 30.1 Å². The number of rotatable bonds is 6. The number of ether oxygens (including phenoxy) is 1. The minimum atomic E-state index is -0.268. The van der Waals surface area contributed by atoms with Crippen LogP contribution in [0, 0.1) is 12.3 Å². The molecule has 7 nitrogen and oxygen atoms in total. The van der Waals surface area contributed by atoms with E-state index in [2.05, 4.69) is 10.2 Å². The minimum absolute atomic E-state index is 0.185. The third-order valence-electron chi connectivity index (χ3n) is 4.82. The lowest BCUT2D eigenvalue weighted by Gasteiger charge is -2.20. The molecule has 0 aromatic carbocycles. The number of thiocarbonyl (C=S) groups is 1. The molecular formula is C19H28N4O3S2. The molecule has 0 aliphatic carbocycles. The predicted molar refractivity (Wildman–Crippen MR) is 117 cm³/mol. The van der Waals surface area contributed by atoms with Gasteiger partial charge >= 0.3 is 5.69 Å². The van der Waals surface area contributed by atoms with E-state index < -0.39 is 0 Å². The molecule has 1 aliphatic rings. The van der Waals surface area contributed by atoms with Crippen molar-refractivity contribution in [3.05, 3.63) is 31.3 Å². The molecule has 9 heteroatoms. The highest BCUT2D eigenvalue weighted by Crippen LogP contribution is 2.29. The molecule has 0 amide bonds. The van der Waals surface area contributed by atoms with E-state index in [9.17, 15) is 9.59 Å². The van der Waals surface area contributed by atoms with Crippen LogP contribution in [0.4, 0.5) is 0 Å². The minimum Gasteiger partial charge on any atom is -0.383 e. The first kappa shape index (κ1) is 21.0. The zero-order chi connectivity index (χ0) is 20.6. The summed E-state index contributed by atoms with van der Waals surface area (Å²) < 4.78 is 8.27. The maximum absolute atomic E-state index is 13.3. The van der Waals surface area contributed by atoms with Gasteiger partial charge in [0.05, 0.1) is 25.1 Å². The quantitative estimate of drug-likeness (QED) is 0.715. The highest BCUT2D eigenvalue weighted by molar-refractivity contribution is 7.80. The van der Waals surface area contributed by atoms with E-state index in [1.807, 2.05) is 27.7 Å². The van der Waals surface area contributed by atoms with Gasteiger partial charge in [-0.2, -0.15) is 0 Å². The molecule has 0 unspecified atom stereocenters. The first-order chi connectivity index (χ1) is 13.1. The van der Waals surface area contributed by atoms with E-state index >= 15 is 0 Å². The van der Waals surface area contributed by atoms with E-state index in [1.165, 1.54) is 15.9 Å². The maximum Gasteiger partial charge on any atom is 0.332 e. The third kappa shape index (κ3) is 4.01. The molecule has 0 spiro atoms. The van der Waals surface area contributed by atoms with Crippen molar-refractivity contribution in [1.29, 1.82) is 0 Å². The Kier molecular flexibility index (Phi) is 5.97. The average molecular weight is 425 g/mol. The zero-order valence-electron chi connectivity index (χ0n) is 17.1. The molecule has 28 heavy (non-hydrogen) atoms. The summed E-state index contributed by atoms with van der Waals surface area (Å²) in [4.78, 5) is 30.3. The van der Waals surface area contributed by atoms with Crippen molar-refractivity contribution in [2.75, 3.05) is 26.8 Å². The summed E-state index contributed by atoms with van der Waals surface area (Å²) in [6, 6.07) is 0. The van der Waals surface area contributed by atoms with E-state index in [-0.39, 0.29) is 16.7 Å². The summed E-state index contributed by atoms with van der Waals surface area (Å²) in [5, 5.41) is 4.53. The topological polar surface area (TPSA) is 68.5 Å². The Morgan fingerprint density at radius 1 is 1.25 bits per heavy atom. The molecule has 0 saturated carbocycles. The van der Waals surface area contributed by atoms with Crippen LogP contribution in [0.3, 0.4) is 0 Å². The number of aryl methyl sites for hydroxylation is 1. The van der Waals surface area contributed by atoms with Gasteiger partial charge in [0, 0.05) is 31.6 Å². The van der Waals surface area contributed by atoms with Gasteiger partial charge in [-0.3, -0.25) is 13.9 Å². The summed E-state index contributed by atoms with van der Waals surface area (Å²) >= 11 is 6.87. The molecule has 3 rings (SSSR count). The van der Waals surface area contributed by atoms with Crippen LogP contribution in [-0.2, 0) is 24.4 Å². The van der Waals surface area contributed by atoms with Crippen molar-refractivity contribution in [1.82, 2.24) is 19.4 Å². The number of fused-ring (bicyclic) bond motifs is 1. The van der Waals surface area contributed by atoms with Crippen LogP contribution in [0.25, 0.3) is 10.2 Å². The van der Waals surface area contributed by atoms with Crippen molar-refractivity contribution in [3.63, 3.8) is 0 Å². The molecule has 0 bridgehead atoms. The molecule has 2 aromatic heterocycles. The highest BCUT2D eigenvalue weighted by Gasteiger charge is 2.24. The average Bonchev–Trinajstić information content (AvgIpc) is 3.15. The van der Waals surface area contributed by atoms with Gasteiger partial charge in [-0.15, -0.1) is 11.3 Å². The normalized spacial score (nSPS) is 14.9. The smallest absolute Gasteiger partial charge is 0.332 e. The number of hydrogen-bond donors (Lipinski definition) is 1. The number of thiophene rings is 1. The standard InChI is InChI=1S/C19H28N4O3S2/c1-12-13(10-21-7-6-20-17(21)27)28-16-14(12)15(24)23(11-19(2,3)4)18(25)22(16)8-9-26-5/h6-11H2,1-5H3,(H,20,27). The number of methoxy groups -OCH3 is 1. The molecule has 0 atom stereocenters. The molecule has 1 N–H and O–H groups in total. The Hall–Kier alpha value is -1.71. The lowest BCUT2D eigenvalue weighted by atomic mass is 9.97. The Morgan fingerprint density at radius 3 is 2.54 bits per heavy atom. The van der Waals surface area contributed by atoms with Crippen molar-refractivity contribution in [3.8, 4) is 0 Å². The fourth-order valence-electron chi connectivity index (χ4n) is 3.42. The molecule has 2 aromatic rings. The van der Waals surface area contributed by atoms with Gasteiger partial charge in [-0.1, -0.05) is 20.8 Å². The fourth-order valence-corrected chi connectivity index (χ4v) is 5.01. The van der Waals surface area contributed by atoms with Crippen molar-refractivity contribution in [2.45, 2.75) is 47.3 Å². The first-order valence-electron chi connectivity index (χ1n) is 9.41. The SMILES string of the molecule is COCCn1c(=O)n(CC(C)(C)C)c(=O)c2c(C)c(CN3CCNC3=S)sc21. The second-order valence-electron chi connectivity index (χ2n) is 8.36. The van der Waals surface area contributed by atoms with Crippen molar-refractivity contribution >= 4 is 38.9 Å². The van der Waals surface area contributed by atoms with Crippen LogP contribution in [0.15, 0.2) is 9.59 Å². The van der Waals surface area contributed by atoms with E-state index in [0.29, 0.717) is 31.6 Å². The molecule has 0 radical (unpaired) electrons. The molecular weight excluding hydrogens is 396 g/mol. The Bertz CT molecular complexity index is 1010. The lowest BCUT2D eigenvalue weighted by molar-refractivity contribution is 0.186. The molecule has 1 fully saturated rings. The second-order valence-corrected chi connectivity index (χ2v) is 9.83. The fraction of sp³-hybridized carbons (Fsp3) is 0.632. The maximum atomic E-state index is 13.3. The predicted octanol–water partition coefficient (Wildman–Crippen LogP) is 1.92. The van der Waals surface area contributed by atoms with Crippen molar-refractivity contribution < 1.29 is 4.74 Å². The Balaban J connectivity index is 2.19. The molecule has 1 aliphatic heterocycles. The molecule has 154 valence electrons. The summed E-state index contributed by atoms with van der Waals surface area (Å²) in [5.41, 5.74) is 0.283. The van der Waals surface area contributed by atoms with Crippen LogP contribution in [-0.4, -0.2) is 46.0 Å². The van der Waals surface area contributed by atoms with Crippen molar-refractivity contribution in [2.24, 2.45) is 5.41 Å². The highest BCUT2D eigenvalue weighted by atomic mass is 32.1. The summed E-state index contributed by atoms with van der Waals surface area (Å²) in [7, 11) is 1.61. The van der Waals surface area contributed by atoms with E-state index in [4.69, 9.17) is 17.0 Å². The second kappa shape index (κ2) is 7.96. The summed E-state index contributed by atoms with van der Waals surface area (Å²) in [6.07, 6.45) is 0. The number of nitrogens with one attached hydrogen (secondary N) is 1. The number of nitrogens with zero attached hydrogens (tertiary/aromatic N) is 3. The van der Waals surface area contributed by atoms with Gasteiger partial charge in [-0.25, -0.2) is 4.79 Å².